The highest BCUT2D eigenvalue weighted by molar-refractivity contribution is 6.30. The first-order valence-corrected chi connectivity index (χ1v) is 13.1. The minimum atomic E-state index is -4.44. The van der Waals surface area contributed by atoms with Crippen LogP contribution in [-0.2, 0) is 22.3 Å². The Balaban J connectivity index is 1.08. The quantitative estimate of drug-likeness (QED) is 0.601. The molecule has 4 bridgehead atoms. The lowest BCUT2D eigenvalue weighted by atomic mass is 9.49. The summed E-state index contributed by atoms with van der Waals surface area (Å²) in [6.45, 7) is 1.89. The average molecular weight is 512 g/mol. The summed E-state index contributed by atoms with van der Waals surface area (Å²) in [5.41, 5.74) is -0.396. The van der Waals surface area contributed by atoms with E-state index in [-0.39, 0.29) is 40.9 Å². The van der Waals surface area contributed by atoms with Crippen LogP contribution in [0, 0.1) is 23.2 Å². The van der Waals surface area contributed by atoms with Crippen LogP contribution in [0.4, 0.5) is 13.2 Å². The molecule has 1 heterocycles. The van der Waals surface area contributed by atoms with E-state index < -0.39 is 11.7 Å². The smallest absolute Gasteiger partial charge is 0.347 e. The highest BCUT2D eigenvalue weighted by Crippen LogP contribution is 2.61. The van der Waals surface area contributed by atoms with Crippen molar-refractivity contribution in [3.63, 3.8) is 0 Å². The summed E-state index contributed by atoms with van der Waals surface area (Å²) in [6, 6.07) is 3.63. The summed E-state index contributed by atoms with van der Waals surface area (Å²) < 4.78 is 40.0. The fourth-order valence-corrected chi connectivity index (χ4v) is 7.76. The lowest BCUT2D eigenvalue weighted by Crippen LogP contribution is -2.51. The van der Waals surface area contributed by atoms with Crippen LogP contribution in [0.25, 0.3) is 0 Å². The molecule has 0 aromatic heterocycles. The first-order valence-electron chi connectivity index (χ1n) is 12.7. The Hall–Kier alpha value is -1.80. The molecule has 0 unspecified atom stereocenters. The van der Waals surface area contributed by atoms with Crippen LogP contribution in [-0.4, -0.2) is 54.3 Å². The fourth-order valence-electron chi connectivity index (χ4n) is 7.56. The van der Waals surface area contributed by atoms with Crippen LogP contribution in [0.1, 0.15) is 56.1 Å². The molecule has 1 aromatic rings. The fraction of sp³-hybridized carbons (Fsp3) is 0.692. The van der Waals surface area contributed by atoms with Crippen LogP contribution in [0.3, 0.4) is 0 Å². The summed E-state index contributed by atoms with van der Waals surface area (Å²) in [5.74, 6) is 2.19. The van der Waals surface area contributed by atoms with Gasteiger partial charge in [-0.05, 0) is 85.5 Å². The molecule has 9 heteroatoms. The van der Waals surface area contributed by atoms with Crippen LogP contribution >= 0.6 is 11.6 Å². The number of rotatable bonds is 6. The van der Waals surface area contributed by atoms with E-state index >= 15 is 0 Å². The van der Waals surface area contributed by atoms with Crippen molar-refractivity contribution in [1.29, 1.82) is 0 Å². The second-order valence-corrected chi connectivity index (χ2v) is 11.8. The monoisotopic (exact) mass is 511 g/mol. The maximum absolute atomic E-state index is 13.3. The minimum absolute atomic E-state index is 0.0162. The third kappa shape index (κ3) is 5.63. The molecule has 4 aliphatic carbocycles. The summed E-state index contributed by atoms with van der Waals surface area (Å²) in [4.78, 5) is 29.0. The van der Waals surface area contributed by atoms with Gasteiger partial charge in [0.05, 0.1) is 12.1 Å². The second-order valence-electron chi connectivity index (χ2n) is 11.3. The van der Waals surface area contributed by atoms with Crippen LogP contribution in [0.2, 0.25) is 5.02 Å². The number of carbonyl (C=O) groups excluding carboxylic acids is 2. The standard InChI is InChI=1S/C26H33ClF3N3O2/c27-21-1-2-22(26(28,29)30)20(10-21)16-32-3-5-33(6-4-32)24(35)15-31-23(34)14-25-11-17-7-18(12-25)9-19(8-17)13-25/h1-2,10,17-19H,3-9,11-16H2,(H,31,34). The third-order valence-corrected chi connectivity index (χ3v) is 8.86. The van der Waals surface area contributed by atoms with Crippen molar-refractivity contribution in [3.8, 4) is 0 Å². The van der Waals surface area contributed by atoms with Gasteiger partial charge in [-0.25, -0.2) is 0 Å². The predicted octanol–water partition coefficient (Wildman–Crippen LogP) is 4.73. The van der Waals surface area contributed by atoms with Gasteiger partial charge >= 0.3 is 6.18 Å². The van der Waals surface area contributed by atoms with Gasteiger partial charge < -0.3 is 10.2 Å². The summed E-state index contributed by atoms with van der Waals surface area (Å²) in [5, 5.41) is 3.12. The van der Waals surface area contributed by atoms with E-state index in [0.717, 1.165) is 43.1 Å². The van der Waals surface area contributed by atoms with E-state index in [4.69, 9.17) is 11.6 Å². The van der Waals surface area contributed by atoms with E-state index in [9.17, 15) is 22.8 Å². The largest absolute Gasteiger partial charge is 0.416 e. The van der Waals surface area contributed by atoms with Crippen molar-refractivity contribution in [2.45, 2.75) is 57.7 Å². The Labute approximate surface area is 209 Å². The Bertz CT molecular complexity index is 940. The number of benzene rings is 1. The zero-order valence-corrected chi connectivity index (χ0v) is 20.6. The summed E-state index contributed by atoms with van der Waals surface area (Å²) in [7, 11) is 0. The summed E-state index contributed by atoms with van der Waals surface area (Å²) in [6.07, 6.45) is 3.56. The number of nitrogens with zero attached hydrogens (tertiary/aromatic N) is 2. The van der Waals surface area contributed by atoms with Crippen LogP contribution in [0.15, 0.2) is 18.2 Å². The molecular formula is C26H33ClF3N3O2. The minimum Gasteiger partial charge on any atom is -0.347 e. The van der Waals surface area contributed by atoms with Gasteiger partial charge in [0.25, 0.3) is 0 Å². The number of amides is 2. The molecule has 35 heavy (non-hydrogen) atoms. The number of carbonyl (C=O) groups is 2. The molecule has 5 nitrogen and oxygen atoms in total. The van der Waals surface area contributed by atoms with E-state index in [1.807, 2.05) is 4.90 Å². The van der Waals surface area contributed by atoms with Gasteiger partial charge in [0.1, 0.15) is 0 Å². The highest BCUT2D eigenvalue weighted by Gasteiger charge is 2.51. The predicted molar refractivity (Wildman–Crippen MR) is 127 cm³/mol. The maximum Gasteiger partial charge on any atom is 0.416 e. The Morgan fingerprint density at radius 2 is 1.60 bits per heavy atom. The molecule has 0 atom stereocenters. The molecule has 2 amide bonds. The Morgan fingerprint density at radius 1 is 1.00 bits per heavy atom. The number of alkyl halides is 3. The van der Waals surface area contributed by atoms with Gasteiger partial charge in [-0.3, -0.25) is 14.5 Å². The van der Waals surface area contributed by atoms with E-state index in [2.05, 4.69) is 5.32 Å². The molecule has 0 spiro atoms. The third-order valence-electron chi connectivity index (χ3n) is 8.63. The first-order chi connectivity index (χ1) is 16.6. The maximum atomic E-state index is 13.3. The molecular weight excluding hydrogens is 479 g/mol. The molecule has 4 saturated carbocycles. The van der Waals surface area contributed by atoms with Crippen molar-refractivity contribution in [1.82, 2.24) is 15.1 Å². The molecule has 6 rings (SSSR count). The number of piperazine rings is 1. The molecule has 1 aliphatic heterocycles. The second kappa shape index (κ2) is 9.58. The van der Waals surface area contributed by atoms with Crippen molar-refractivity contribution < 1.29 is 22.8 Å². The topological polar surface area (TPSA) is 52.7 Å². The molecule has 192 valence electrons. The van der Waals surface area contributed by atoms with Crippen LogP contribution in [0.5, 0.6) is 0 Å². The van der Waals surface area contributed by atoms with E-state index in [0.29, 0.717) is 32.6 Å². The molecule has 1 saturated heterocycles. The van der Waals surface area contributed by atoms with Crippen molar-refractivity contribution in [3.05, 3.63) is 34.3 Å². The van der Waals surface area contributed by atoms with Crippen molar-refractivity contribution in [2.24, 2.45) is 23.2 Å². The first kappa shape index (κ1) is 24.9. The van der Waals surface area contributed by atoms with Crippen molar-refractivity contribution in [2.75, 3.05) is 32.7 Å². The lowest BCUT2D eigenvalue weighted by Gasteiger charge is -2.56. The summed E-state index contributed by atoms with van der Waals surface area (Å²) >= 11 is 5.94. The Morgan fingerprint density at radius 3 is 2.17 bits per heavy atom. The Kier molecular flexibility index (Phi) is 6.81. The van der Waals surface area contributed by atoms with Gasteiger partial charge in [-0.1, -0.05) is 11.6 Å². The van der Waals surface area contributed by atoms with E-state index in [1.54, 1.807) is 4.90 Å². The van der Waals surface area contributed by atoms with Gasteiger partial charge in [0.2, 0.25) is 11.8 Å². The number of hydrogen-bond donors (Lipinski definition) is 1. The molecule has 5 fully saturated rings. The van der Waals surface area contributed by atoms with Gasteiger partial charge in [-0.2, -0.15) is 13.2 Å². The lowest BCUT2D eigenvalue weighted by molar-refractivity contribution is -0.138. The van der Waals surface area contributed by atoms with E-state index in [1.165, 1.54) is 31.4 Å². The SMILES string of the molecule is O=C(CC12CC3CC(CC(C3)C1)C2)NCC(=O)N1CCN(Cc2cc(Cl)ccc2C(F)(F)F)CC1. The zero-order chi connectivity index (χ0) is 24.8. The van der Waals surface area contributed by atoms with Gasteiger partial charge in [-0.15, -0.1) is 0 Å². The van der Waals surface area contributed by atoms with Gasteiger partial charge in [0, 0.05) is 44.2 Å². The molecule has 1 aromatic carbocycles. The zero-order valence-electron chi connectivity index (χ0n) is 19.9. The molecule has 0 radical (unpaired) electrons. The highest BCUT2D eigenvalue weighted by atomic mass is 35.5. The normalized spacial score (nSPS) is 30.5. The number of hydrogen-bond acceptors (Lipinski definition) is 3. The number of nitrogens with one attached hydrogen (secondary N) is 1. The van der Waals surface area contributed by atoms with Gasteiger partial charge in [0.15, 0.2) is 0 Å². The molecule has 5 aliphatic rings. The number of halogens is 4. The average Bonchev–Trinajstić information content (AvgIpc) is 2.76. The molecule has 1 N–H and O–H groups in total. The van der Waals surface area contributed by atoms with Crippen LogP contribution < -0.4 is 5.32 Å². The van der Waals surface area contributed by atoms with Crippen molar-refractivity contribution >= 4 is 23.4 Å².